The first-order valence-electron chi connectivity index (χ1n) is 11.6. The molecule has 180 valence electrons. The number of benzene rings is 3. The van der Waals surface area contributed by atoms with Crippen molar-refractivity contribution in [2.75, 3.05) is 4.90 Å². The predicted octanol–water partition coefficient (Wildman–Crippen LogP) is 5.73. The van der Waals surface area contributed by atoms with Crippen molar-refractivity contribution < 1.29 is 27.6 Å². The molecule has 1 saturated heterocycles. The Bertz CT molecular complexity index is 1440. The molecule has 36 heavy (non-hydrogen) atoms. The topological polar surface area (TPSA) is 54.5 Å². The van der Waals surface area contributed by atoms with Gasteiger partial charge < -0.3 is 4.90 Å². The number of nitrogens with zero attached hydrogens (tertiary/aromatic N) is 1. The molecule has 0 radical (unpaired) electrons. The van der Waals surface area contributed by atoms with Crippen molar-refractivity contribution in [1.82, 2.24) is 0 Å². The van der Waals surface area contributed by atoms with E-state index in [2.05, 4.69) is 0 Å². The molecule has 4 nitrogen and oxygen atoms in total. The Hall–Kier alpha value is -4.00. The Morgan fingerprint density at radius 2 is 1.44 bits per heavy atom. The fourth-order valence-corrected chi connectivity index (χ4v) is 6.32. The van der Waals surface area contributed by atoms with E-state index in [0.29, 0.717) is 11.3 Å². The van der Waals surface area contributed by atoms with Crippen LogP contribution in [0.1, 0.15) is 50.2 Å². The molecular formula is C29H20F3NO3. The number of alkyl halides is 3. The third kappa shape index (κ3) is 2.80. The molecule has 0 aromatic heterocycles. The monoisotopic (exact) mass is 487 g/mol. The van der Waals surface area contributed by atoms with Gasteiger partial charge in [0.15, 0.2) is 17.3 Å². The minimum absolute atomic E-state index is 0.274. The summed E-state index contributed by atoms with van der Waals surface area (Å²) in [6, 6.07) is 16.7. The van der Waals surface area contributed by atoms with E-state index in [4.69, 9.17) is 0 Å². The molecule has 3 aromatic rings. The Labute approximate surface area is 205 Å². The van der Waals surface area contributed by atoms with Gasteiger partial charge in [-0.15, -0.1) is 0 Å². The summed E-state index contributed by atoms with van der Waals surface area (Å²) < 4.78 is 40.0. The molecule has 0 N–H and O–H groups in total. The molecule has 1 spiro atoms. The van der Waals surface area contributed by atoms with Crippen LogP contribution in [0.5, 0.6) is 0 Å². The van der Waals surface area contributed by atoms with E-state index in [9.17, 15) is 27.6 Å². The molecule has 1 fully saturated rings. The number of ketones is 3. The lowest BCUT2D eigenvalue weighted by molar-refractivity contribution is -0.137. The number of carbonyl (C=O) groups is 3. The molecular weight excluding hydrogens is 467 g/mol. The van der Waals surface area contributed by atoms with E-state index in [-0.39, 0.29) is 16.9 Å². The number of anilines is 1. The van der Waals surface area contributed by atoms with Crippen molar-refractivity contribution in [3.63, 3.8) is 0 Å². The zero-order valence-corrected chi connectivity index (χ0v) is 19.1. The van der Waals surface area contributed by atoms with E-state index in [0.717, 1.165) is 17.7 Å². The largest absolute Gasteiger partial charge is 0.416 e. The summed E-state index contributed by atoms with van der Waals surface area (Å²) in [6.07, 6.45) is -0.918. The number of para-hydroxylation sites is 1. The fraction of sp³-hybridized carbons (Fsp3) is 0.207. The second kappa shape index (κ2) is 7.50. The average Bonchev–Trinajstić information content (AvgIpc) is 3.30. The zero-order chi connectivity index (χ0) is 25.4. The highest BCUT2D eigenvalue weighted by Crippen LogP contribution is 2.60. The molecule has 0 saturated carbocycles. The molecule has 0 amide bonds. The zero-order valence-electron chi connectivity index (χ0n) is 19.1. The predicted molar refractivity (Wildman–Crippen MR) is 128 cm³/mol. The summed E-state index contributed by atoms with van der Waals surface area (Å²) in [5.41, 5.74) is -0.101. The maximum Gasteiger partial charge on any atom is 0.416 e. The number of rotatable bonds is 2. The first kappa shape index (κ1) is 22.5. The van der Waals surface area contributed by atoms with Gasteiger partial charge in [0.2, 0.25) is 0 Å². The van der Waals surface area contributed by atoms with Crippen molar-refractivity contribution in [2.45, 2.75) is 31.1 Å². The van der Waals surface area contributed by atoms with Crippen molar-refractivity contribution >= 4 is 29.1 Å². The molecule has 2 aliphatic heterocycles. The minimum atomic E-state index is -4.54. The summed E-state index contributed by atoms with van der Waals surface area (Å²) in [5.74, 6) is -2.07. The van der Waals surface area contributed by atoms with E-state index in [1.165, 1.54) is 19.1 Å². The molecule has 0 unspecified atom stereocenters. The van der Waals surface area contributed by atoms with Gasteiger partial charge in [-0.25, -0.2) is 0 Å². The second-order valence-corrected chi connectivity index (χ2v) is 9.50. The van der Waals surface area contributed by atoms with Crippen LogP contribution in [0, 0.1) is 5.41 Å². The average molecular weight is 487 g/mol. The van der Waals surface area contributed by atoms with Gasteiger partial charge in [-0.2, -0.15) is 13.2 Å². The van der Waals surface area contributed by atoms with Gasteiger partial charge in [-0.1, -0.05) is 66.7 Å². The highest BCUT2D eigenvalue weighted by molar-refractivity contribution is 6.32. The van der Waals surface area contributed by atoms with Gasteiger partial charge in [0.1, 0.15) is 5.41 Å². The normalized spacial score (nSPS) is 23.6. The number of halogens is 3. The number of Topliss-reactive ketones (excluding diaryl/α,β-unsaturated/α-hetero) is 3. The quantitative estimate of drug-likeness (QED) is 0.434. The van der Waals surface area contributed by atoms with Crippen molar-refractivity contribution in [1.29, 1.82) is 0 Å². The van der Waals surface area contributed by atoms with Crippen LogP contribution in [0.15, 0.2) is 78.9 Å². The van der Waals surface area contributed by atoms with Gasteiger partial charge in [-0.05, 0) is 36.2 Å². The van der Waals surface area contributed by atoms with Crippen LogP contribution in [0.25, 0.3) is 6.08 Å². The summed E-state index contributed by atoms with van der Waals surface area (Å²) in [6.45, 7) is 1.40. The molecule has 3 aliphatic rings. The van der Waals surface area contributed by atoms with Crippen molar-refractivity contribution in [3.05, 3.63) is 107 Å². The number of hydrogen-bond donors (Lipinski definition) is 0. The highest BCUT2D eigenvalue weighted by Gasteiger charge is 2.71. The van der Waals surface area contributed by atoms with Crippen LogP contribution >= 0.6 is 0 Å². The van der Waals surface area contributed by atoms with Crippen molar-refractivity contribution in [3.8, 4) is 0 Å². The standard InChI is InChI=1S/C29H20F3NO3/c1-16(34)25-24(18-10-13-19(14-11-18)29(30,31)32)28(26(35)20-7-3-4-8-21(20)27(28)36)23-15-12-17-6-2-5-9-22(17)33(23)25/h2-15,23-25H,1H3/t23-,24-,25-/m0/s1. The summed E-state index contributed by atoms with van der Waals surface area (Å²) >= 11 is 0. The van der Waals surface area contributed by atoms with E-state index < -0.39 is 46.7 Å². The third-order valence-electron chi connectivity index (χ3n) is 7.73. The summed E-state index contributed by atoms with van der Waals surface area (Å²) in [5, 5.41) is 0. The SMILES string of the molecule is CC(=O)[C@H]1[C@H](c2ccc(C(F)(F)F)cc2)C2(C(=O)c3ccccc3C2=O)[C@@H]2C=Cc3ccccc3N21. The fourth-order valence-electron chi connectivity index (χ4n) is 6.32. The lowest BCUT2D eigenvalue weighted by Gasteiger charge is -2.37. The number of hydrogen-bond acceptors (Lipinski definition) is 4. The molecule has 7 heteroatoms. The highest BCUT2D eigenvalue weighted by atomic mass is 19.4. The van der Waals surface area contributed by atoms with Crippen LogP contribution in [-0.4, -0.2) is 29.4 Å². The maximum atomic E-state index is 14.2. The molecule has 3 atom stereocenters. The Morgan fingerprint density at radius 1 is 0.861 bits per heavy atom. The van der Waals surface area contributed by atoms with Crippen molar-refractivity contribution in [2.24, 2.45) is 5.41 Å². The van der Waals surface area contributed by atoms with Crippen LogP contribution in [0.4, 0.5) is 18.9 Å². The van der Waals surface area contributed by atoms with Crippen LogP contribution in [0.3, 0.4) is 0 Å². The van der Waals surface area contributed by atoms with Crippen LogP contribution in [-0.2, 0) is 11.0 Å². The number of carbonyl (C=O) groups excluding carboxylic acids is 3. The second-order valence-electron chi connectivity index (χ2n) is 9.50. The lowest BCUT2D eigenvalue weighted by Crippen LogP contribution is -2.48. The summed E-state index contributed by atoms with van der Waals surface area (Å²) in [7, 11) is 0. The van der Waals surface area contributed by atoms with Crippen LogP contribution in [0.2, 0.25) is 0 Å². The summed E-state index contributed by atoms with van der Waals surface area (Å²) in [4.78, 5) is 43.5. The van der Waals surface area contributed by atoms with Gasteiger partial charge in [0.05, 0.1) is 17.6 Å². The Kier molecular flexibility index (Phi) is 4.68. The first-order chi connectivity index (χ1) is 17.2. The molecule has 1 aliphatic carbocycles. The molecule has 6 rings (SSSR count). The maximum absolute atomic E-state index is 14.2. The van der Waals surface area contributed by atoms with Crippen LogP contribution < -0.4 is 4.90 Å². The van der Waals surface area contributed by atoms with Gasteiger partial charge in [-0.3, -0.25) is 14.4 Å². The lowest BCUT2D eigenvalue weighted by atomic mass is 9.64. The molecule has 0 bridgehead atoms. The first-order valence-corrected chi connectivity index (χ1v) is 11.6. The molecule has 2 heterocycles. The molecule has 3 aromatic carbocycles. The van der Waals surface area contributed by atoms with E-state index in [1.54, 1.807) is 30.3 Å². The Balaban J connectivity index is 1.64. The third-order valence-corrected chi connectivity index (χ3v) is 7.73. The number of fused-ring (bicyclic) bond motifs is 5. The van der Waals surface area contributed by atoms with Gasteiger partial charge >= 0.3 is 6.18 Å². The van der Waals surface area contributed by atoms with E-state index in [1.807, 2.05) is 35.2 Å². The smallest absolute Gasteiger partial charge is 0.352 e. The van der Waals surface area contributed by atoms with Gasteiger partial charge in [0, 0.05) is 22.7 Å². The van der Waals surface area contributed by atoms with Gasteiger partial charge in [0.25, 0.3) is 0 Å². The minimum Gasteiger partial charge on any atom is -0.352 e. The van der Waals surface area contributed by atoms with E-state index >= 15 is 0 Å². The Morgan fingerprint density at radius 3 is 2.03 bits per heavy atom.